The predicted octanol–water partition coefficient (Wildman–Crippen LogP) is 1.65. The number of amides is 1. The first-order valence-corrected chi connectivity index (χ1v) is 5.16. The van der Waals surface area contributed by atoms with E-state index in [0.717, 1.165) is 19.3 Å². The molecule has 0 saturated heterocycles. The molecule has 1 amide bonds. The molecule has 0 spiro atoms. The minimum atomic E-state index is -1.17. The summed E-state index contributed by atoms with van der Waals surface area (Å²) in [7, 11) is 0. The van der Waals surface area contributed by atoms with E-state index in [1.165, 1.54) is 12.1 Å². The molecule has 5 heteroatoms. The second-order valence-electron chi connectivity index (χ2n) is 4.34. The zero-order valence-corrected chi connectivity index (χ0v) is 8.95. The summed E-state index contributed by atoms with van der Waals surface area (Å²) in [5.74, 6) is -1.70. The minimum Gasteiger partial charge on any atom is -0.475 e. The molecule has 5 nitrogen and oxygen atoms in total. The van der Waals surface area contributed by atoms with Gasteiger partial charge in [0.05, 0.1) is 0 Å². The topological polar surface area (TPSA) is 79.5 Å². The van der Waals surface area contributed by atoms with Gasteiger partial charge in [0.1, 0.15) is 0 Å². The molecular weight excluding hydrogens is 210 g/mol. The number of carbonyl (C=O) groups excluding carboxylic acids is 1. The quantitative estimate of drug-likeness (QED) is 0.816. The summed E-state index contributed by atoms with van der Waals surface area (Å²) in [6.07, 6.45) is 3.01. The van der Waals surface area contributed by atoms with Crippen molar-refractivity contribution in [3.05, 3.63) is 23.7 Å². The van der Waals surface area contributed by atoms with Crippen LogP contribution in [0.1, 0.15) is 47.3 Å². The molecule has 1 aromatic rings. The van der Waals surface area contributed by atoms with Crippen molar-refractivity contribution in [2.24, 2.45) is 0 Å². The molecule has 0 unspecified atom stereocenters. The van der Waals surface area contributed by atoms with Gasteiger partial charge < -0.3 is 14.8 Å². The summed E-state index contributed by atoms with van der Waals surface area (Å²) in [5.41, 5.74) is -0.159. The third-order valence-corrected chi connectivity index (χ3v) is 2.91. The van der Waals surface area contributed by atoms with Crippen molar-refractivity contribution in [2.75, 3.05) is 0 Å². The van der Waals surface area contributed by atoms with Crippen molar-refractivity contribution in [1.29, 1.82) is 0 Å². The van der Waals surface area contributed by atoms with E-state index >= 15 is 0 Å². The minimum absolute atomic E-state index is 0.0468. The zero-order valence-electron chi connectivity index (χ0n) is 8.95. The van der Waals surface area contributed by atoms with Gasteiger partial charge in [0.2, 0.25) is 5.76 Å². The van der Waals surface area contributed by atoms with Crippen LogP contribution < -0.4 is 5.32 Å². The van der Waals surface area contributed by atoms with Crippen molar-refractivity contribution >= 4 is 11.9 Å². The fourth-order valence-electron chi connectivity index (χ4n) is 1.74. The highest BCUT2D eigenvalue weighted by Gasteiger charge is 2.34. The number of carboxylic acids is 1. The Kier molecular flexibility index (Phi) is 2.46. The summed E-state index contributed by atoms with van der Waals surface area (Å²) in [6.45, 7) is 1.97. The molecule has 0 aliphatic heterocycles. The molecule has 1 aromatic heterocycles. The van der Waals surface area contributed by atoms with Gasteiger partial charge in [-0.2, -0.15) is 0 Å². The molecule has 1 saturated carbocycles. The van der Waals surface area contributed by atoms with Gasteiger partial charge in [-0.1, -0.05) is 0 Å². The average Bonchev–Trinajstić information content (AvgIpc) is 2.64. The van der Waals surface area contributed by atoms with E-state index in [1.54, 1.807) is 0 Å². The summed E-state index contributed by atoms with van der Waals surface area (Å²) in [6, 6.07) is 2.65. The molecular formula is C11H13NO4. The van der Waals surface area contributed by atoms with E-state index in [2.05, 4.69) is 5.32 Å². The summed E-state index contributed by atoms with van der Waals surface area (Å²) < 4.78 is 4.91. The highest BCUT2D eigenvalue weighted by molar-refractivity contribution is 5.93. The van der Waals surface area contributed by atoms with Crippen LogP contribution in [0.25, 0.3) is 0 Å². The molecule has 1 fully saturated rings. The Labute approximate surface area is 92.4 Å². The average molecular weight is 223 g/mol. The lowest BCUT2D eigenvalue weighted by Gasteiger charge is -2.38. The molecule has 0 aromatic carbocycles. The Balaban J connectivity index is 2.06. The Hall–Kier alpha value is -1.78. The Bertz CT molecular complexity index is 431. The normalized spacial score (nSPS) is 17.6. The van der Waals surface area contributed by atoms with Crippen LogP contribution in [0.4, 0.5) is 0 Å². The van der Waals surface area contributed by atoms with E-state index < -0.39 is 5.97 Å². The SMILES string of the molecule is CC1(NC(=O)c2ccc(C(=O)O)o2)CCC1. The second kappa shape index (κ2) is 3.66. The van der Waals surface area contributed by atoms with Gasteiger partial charge in [-0.25, -0.2) is 4.79 Å². The zero-order chi connectivity index (χ0) is 11.8. The number of furan rings is 1. The molecule has 0 radical (unpaired) electrons. The standard InChI is InChI=1S/C11H13NO4/c1-11(5-2-6-11)12-9(13)7-3-4-8(16-7)10(14)15/h3-4H,2,5-6H2,1H3,(H,12,13)(H,14,15). The number of nitrogens with one attached hydrogen (secondary N) is 1. The van der Waals surface area contributed by atoms with Gasteiger partial charge in [-0.15, -0.1) is 0 Å². The number of hydrogen-bond acceptors (Lipinski definition) is 3. The first kappa shape index (κ1) is 10.7. The van der Waals surface area contributed by atoms with Crippen LogP contribution >= 0.6 is 0 Å². The molecule has 0 atom stereocenters. The fraction of sp³-hybridized carbons (Fsp3) is 0.455. The third-order valence-electron chi connectivity index (χ3n) is 2.91. The van der Waals surface area contributed by atoms with Gasteiger partial charge >= 0.3 is 5.97 Å². The van der Waals surface area contributed by atoms with Crippen molar-refractivity contribution in [2.45, 2.75) is 31.7 Å². The summed E-state index contributed by atoms with van der Waals surface area (Å²) >= 11 is 0. The highest BCUT2D eigenvalue weighted by Crippen LogP contribution is 2.31. The monoisotopic (exact) mass is 223 g/mol. The second-order valence-corrected chi connectivity index (χ2v) is 4.34. The number of carbonyl (C=O) groups is 2. The first-order valence-electron chi connectivity index (χ1n) is 5.16. The number of rotatable bonds is 3. The van der Waals surface area contributed by atoms with E-state index in [1.807, 2.05) is 6.92 Å². The lowest BCUT2D eigenvalue weighted by Crippen LogP contribution is -2.50. The van der Waals surface area contributed by atoms with Crippen molar-refractivity contribution < 1.29 is 19.1 Å². The van der Waals surface area contributed by atoms with E-state index in [9.17, 15) is 9.59 Å². The number of carboxylic acid groups (broad SMARTS) is 1. The van der Waals surface area contributed by atoms with Gasteiger partial charge in [-0.3, -0.25) is 4.79 Å². The fourth-order valence-corrected chi connectivity index (χ4v) is 1.74. The Morgan fingerprint density at radius 3 is 2.44 bits per heavy atom. The molecule has 1 aliphatic carbocycles. The number of aromatic carboxylic acids is 1. The van der Waals surface area contributed by atoms with Gasteiger partial charge in [0, 0.05) is 5.54 Å². The highest BCUT2D eigenvalue weighted by atomic mass is 16.4. The van der Waals surface area contributed by atoms with E-state index in [-0.39, 0.29) is 23.0 Å². The van der Waals surface area contributed by atoms with Crippen LogP contribution in [0.5, 0.6) is 0 Å². The van der Waals surface area contributed by atoms with Gasteiger partial charge in [0.25, 0.3) is 5.91 Å². The molecule has 86 valence electrons. The lowest BCUT2D eigenvalue weighted by molar-refractivity contribution is 0.0658. The maximum absolute atomic E-state index is 11.7. The lowest BCUT2D eigenvalue weighted by atomic mass is 9.78. The molecule has 1 aliphatic rings. The van der Waals surface area contributed by atoms with Gasteiger partial charge in [0.15, 0.2) is 5.76 Å². The molecule has 1 heterocycles. The molecule has 0 bridgehead atoms. The number of hydrogen-bond donors (Lipinski definition) is 2. The first-order chi connectivity index (χ1) is 7.50. The molecule has 16 heavy (non-hydrogen) atoms. The van der Waals surface area contributed by atoms with E-state index in [4.69, 9.17) is 9.52 Å². The van der Waals surface area contributed by atoms with Crippen LogP contribution in [-0.2, 0) is 0 Å². The smallest absolute Gasteiger partial charge is 0.371 e. The largest absolute Gasteiger partial charge is 0.475 e. The van der Waals surface area contributed by atoms with Crippen LogP contribution in [-0.4, -0.2) is 22.5 Å². The molecule has 2 N–H and O–H groups in total. The molecule has 2 rings (SSSR count). The maximum Gasteiger partial charge on any atom is 0.371 e. The van der Waals surface area contributed by atoms with Crippen LogP contribution in [0.2, 0.25) is 0 Å². The van der Waals surface area contributed by atoms with Crippen molar-refractivity contribution in [3.8, 4) is 0 Å². The Morgan fingerprint density at radius 2 is 2.00 bits per heavy atom. The van der Waals surface area contributed by atoms with Crippen LogP contribution in [0.3, 0.4) is 0 Å². The summed E-state index contributed by atoms with van der Waals surface area (Å²) in [5, 5.41) is 11.5. The van der Waals surface area contributed by atoms with Crippen molar-refractivity contribution in [1.82, 2.24) is 5.32 Å². The maximum atomic E-state index is 11.7. The van der Waals surface area contributed by atoms with Crippen molar-refractivity contribution in [3.63, 3.8) is 0 Å². The predicted molar refractivity (Wildman–Crippen MR) is 55.4 cm³/mol. The third kappa shape index (κ3) is 1.93. The van der Waals surface area contributed by atoms with Crippen LogP contribution in [0, 0.1) is 0 Å². The van der Waals surface area contributed by atoms with E-state index in [0.29, 0.717) is 0 Å². The summed E-state index contributed by atoms with van der Waals surface area (Å²) in [4.78, 5) is 22.3. The van der Waals surface area contributed by atoms with Crippen LogP contribution in [0.15, 0.2) is 16.5 Å². The Morgan fingerprint density at radius 1 is 1.38 bits per heavy atom. The van der Waals surface area contributed by atoms with Gasteiger partial charge in [-0.05, 0) is 38.3 Å².